The van der Waals surface area contributed by atoms with E-state index in [1.807, 2.05) is 13.8 Å². The van der Waals surface area contributed by atoms with Gasteiger partial charge in [0.2, 0.25) is 0 Å². The topological polar surface area (TPSA) is 93.1 Å². The Morgan fingerprint density at radius 3 is 2.65 bits per heavy atom. The summed E-state index contributed by atoms with van der Waals surface area (Å²) in [6, 6.07) is 0. The van der Waals surface area contributed by atoms with E-state index in [4.69, 9.17) is 9.47 Å². The molecule has 5 aliphatic rings. The minimum atomic E-state index is -1.37. The number of alkyl halides is 1. The summed E-state index contributed by atoms with van der Waals surface area (Å²) >= 11 is 0. The molecular formula is C24H31FO6. The third-order valence-electron chi connectivity index (χ3n) is 9.03. The predicted molar refractivity (Wildman–Crippen MR) is 109 cm³/mol. The largest absolute Gasteiger partial charge is 0.393 e. The normalized spacial score (nSPS) is 52.1. The minimum Gasteiger partial charge on any atom is -0.393 e. The summed E-state index contributed by atoms with van der Waals surface area (Å²) < 4.78 is 27.9. The molecule has 1 saturated heterocycles. The standard InChI is InChI=1S/C24H31FO6/c1-21(2)30-19-9-14-13-8-16(25)15-7-12(27)5-6-22(15,3)20(13)17(28)10-23(14,4)24(19,31-21)18(29)11-26/h5-7,13-14,16-17,19-20,26,28H,8-11H2,1-4H3/t13-,14+,16-,17+,19+,20-,22-,23+,24+/m0/s1. The lowest BCUT2D eigenvalue weighted by Crippen LogP contribution is -2.64. The summed E-state index contributed by atoms with van der Waals surface area (Å²) in [5, 5.41) is 21.3. The van der Waals surface area contributed by atoms with Crippen molar-refractivity contribution >= 4 is 11.6 Å². The number of rotatable bonds is 2. The highest BCUT2D eigenvalue weighted by molar-refractivity contribution is 6.01. The SMILES string of the molecule is CC1(C)O[C@@H]2C[C@@H]3[C@@H]4C[C@H](F)C5=CC(=O)C=C[C@]5(C)[C@@H]4[C@H](O)C[C@@]3(C)[C@]2(C(=O)CO)O1. The van der Waals surface area contributed by atoms with Gasteiger partial charge >= 0.3 is 0 Å². The number of halogens is 1. The van der Waals surface area contributed by atoms with Gasteiger partial charge in [-0.3, -0.25) is 9.59 Å². The first kappa shape index (κ1) is 21.4. The van der Waals surface area contributed by atoms with Crippen LogP contribution in [0, 0.1) is 28.6 Å². The molecule has 9 atom stereocenters. The lowest BCUT2D eigenvalue weighted by atomic mass is 9.46. The first-order chi connectivity index (χ1) is 14.4. The van der Waals surface area contributed by atoms with Gasteiger partial charge in [-0.1, -0.05) is 19.9 Å². The maximum absolute atomic E-state index is 15.4. The maximum atomic E-state index is 15.4. The molecular weight excluding hydrogens is 403 g/mol. The zero-order valence-corrected chi connectivity index (χ0v) is 18.4. The Hall–Kier alpha value is -1.41. The highest BCUT2D eigenvalue weighted by atomic mass is 19.1. The molecule has 5 rings (SSSR count). The quantitative estimate of drug-likeness (QED) is 0.693. The molecule has 0 aromatic rings. The molecule has 4 fully saturated rings. The number of carbonyl (C=O) groups is 2. The van der Waals surface area contributed by atoms with Crippen molar-refractivity contribution in [3.63, 3.8) is 0 Å². The van der Waals surface area contributed by atoms with Gasteiger partial charge in [0.1, 0.15) is 12.8 Å². The molecule has 0 spiro atoms. The van der Waals surface area contributed by atoms with Gasteiger partial charge in [-0.25, -0.2) is 4.39 Å². The van der Waals surface area contributed by atoms with Crippen molar-refractivity contribution in [2.45, 2.75) is 76.7 Å². The van der Waals surface area contributed by atoms with Gasteiger partial charge in [0.25, 0.3) is 0 Å². The van der Waals surface area contributed by atoms with Crippen LogP contribution < -0.4 is 0 Å². The number of hydrogen-bond acceptors (Lipinski definition) is 6. The van der Waals surface area contributed by atoms with E-state index in [2.05, 4.69) is 0 Å². The van der Waals surface area contributed by atoms with E-state index in [0.717, 1.165) is 0 Å². The molecule has 4 aliphatic carbocycles. The van der Waals surface area contributed by atoms with Gasteiger partial charge in [0, 0.05) is 16.7 Å². The van der Waals surface area contributed by atoms with Crippen molar-refractivity contribution in [1.82, 2.24) is 0 Å². The lowest BCUT2D eigenvalue weighted by molar-refractivity contribution is -0.226. The number of carbonyl (C=O) groups excluding carboxylic acids is 2. The molecule has 2 N–H and O–H groups in total. The van der Waals surface area contributed by atoms with E-state index in [1.54, 1.807) is 19.9 Å². The molecule has 7 heteroatoms. The number of fused-ring (bicyclic) bond motifs is 7. The Balaban J connectivity index is 1.62. The van der Waals surface area contributed by atoms with Crippen molar-refractivity contribution in [2.75, 3.05) is 6.61 Å². The number of allylic oxidation sites excluding steroid dienone is 4. The van der Waals surface area contributed by atoms with Crippen LogP contribution in [0.3, 0.4) is 0 Å². The fraction of sp³-hybridized carbons (Fsp3) is 0.750. The highest BCUT2D eigenvalue weighted by Crippen LogP contribution is 2.70. The van der Waals surface area contributed by atoms with Crippen LogP contribution in [0.4, 0.5) is 4.39 Å². The van der Waals surface area contributed by atoms with Crippen LogP contribution in [-0.2, 0) is 19.1 Å². The Morgan fingerprint density at radius 2 is 1.97 bits per heavy atom. The van der Waals surface area contributed by atoms with E-state index >= 15 is 4.39 Å². The summed E-state index contributed by atoms with van der Waals surface area (Å²) in [6.07, 6.45) is 2.90. The molecule has 0 amide bonds. The van der Waals surface area contributed by atoms with E-state index in [1.165, 1.54) is 12.2 Å². The zero-order valence-electron chi connectivity index (χ0n) is 18.4. The number of aliphatic hydroxyl groups is 2. The van der Waals surface area contributed by atoms with Crippen LogP contribution in [0.15, 0.2) is 23.8 Å². The molecule has 1 aliphatic heterocycles. The number of hydrogen-bond donors (Lipinski definition) is 2. The summed E-state index contributed by atoms with van der Waals surface area (Å²) in [5.74, 6) is -2.28. The van der Waals surface area contributed by atoms with E-state index in [-0.39, 0.29) is 36.4 Å². The third kappa shape index (κ3) is 2.52. The van der Waals surface area contributed by atoms with Crippen LogP contribution in [0.5, 0.6) is 0 Å². The number of ketones is 2. The van der Waals surface area contributed by atoms with Crippen LogP contribution in [-0.4, -0.2) is 58.2 Å². The number of aliphatic hydroxyl groups excluding tert-OH is 2. The summed E-state index contributed by atoms with van der Waals surface area (Å²) in [7, 11) is 0. The smallest absolute Gasteiger partial charge is 0.193 e. The van der Waals surface area contributed by atoms with Crippen LogP contribution in [0.1, 0.15) is 47.0 Å². The highest BCUT2D eigenvalue weighted by Gasteiger charge is 2.77. The minimum absolute atomic E-state index is 0.125. The second-order valence-electron chi connectivity index (χ2n) is 11.0. The predicted octanol–water partition coefficient (Wildman–Crippen LogP) is 2.27. The van der Waals surface area contributed by atoms with Gasteiger partial charge in [-0.15, -0.1) is 0 Å². The number of ether oxygens (including phenoxy) is 2. The van der Waals surface area contributed by atoms with E-state index < -0.39 is 53.0 Å². The molecule has 0 aromatic carbocycles. The Labute approximate surface area is 181 Å². The Morgan fingerprint density at radius 1 is 1.26 bits per heavy atom. The molecule has 1 heterocycles. The van der Waals surface area contributed by atoms with Gasteiger partial charge in [0.05, 0.1) is 12.2 Å². The summed E-state index contributed by atoms with van der Waals surface area (Å²) in [4.78, 5) is 25.1. The average Bonchev–Trinajstić information content (AvgIpc) is 3.08. The van der Waals surface area contributed by atoms with Crippen molar-refractivity contribution in [3.05, 3.63) is 23.8 Å². The molecule has 170 valence electrons. The summed E-state index contributed by atoms with van der Waals surface area (Å²) in [6.45, 7) is 6.65. The van der Waals surface area contributed by atoms with E-state index in [0.29, 0.717) is 12.0 Å². The Bertz CT molecular complexity index is 910. The van der Waals surface area contributed by atoms with Crippen LogP contribution in [0.25, 0.3) is 0 Å². The lowest BCUT2D eigenvalue weighted by Gasteiger charge is -2.60. The van der Waals surface area contributed by atoms with Crippen molar-refractivity contribution in [3.8, 4) is 0 Å². The molecule has 0 aromatic heterocycles. The van der Waals surface area contributed by atoms with Crippen molar-refractivity contribution in [2.24, 2.45) is 28.6 Å². The molecule has 0 radical (unpaired) electrons. The van der Waals surface area contributed by atoms with E-state index in [9.17, 15) is 19.8 Å². The fourth-order valence-corrected chi connectivity index (χ4v) is 8.05. The average molecular weight is 435 g/mol. The summed E-state index contributed by atoms with van der Waals surface area (Å²) in [5.41, 5.74) is -2.50. The fourth-order valence-electron chi connectivity index (χ4n) is 8.05. The van der Waals surface area contributed by atoms with Crippen molar-refractivity contribution < 1.29 is 33.7 Å². The van der Waals surface area contributed by atoms with Crippen LogP contribution >= 0.6 is 0 Å². The van der Waals surface area contributed by atoms with Gasteiger partial charge < -0.3 is 19.7 Å². The van der Waals surface area contributed by atoms with Gasteiger partial charge in [-0.05, 0) is 62.7 Å². The van der Waals surface area contributed by atoms with Gasteiger partial charge in [-0.2, -0.15) is 0 Å². The third-order valence-corrected chi connectivity index (χ3v) is 9.03. The molecule has 0 bridgehead atoms. The Kier molecular flexibility index (Phi) is 4.38. The van der Waals surface area contributed by atoms with Crippen molar-refractivity contribution in [1.29, 1.82) is 0 Å². The first-order valence-electron chi connectivity index (χ1n) is 11.2. The second-order valence-corrected chi connectivity index (χ2v) is 11.0. The molecule has 6 nitrogen and oxygen atoms in total. The van der Waals surface area contributed by atoms with Crippen LogP contribution in [0.2, 0.25) is 0 Å². The van der Waals surface area contributed by atoms with Gasteiger partial charge in [0.15, 0.2) is 23.0 Å². The zero-order chi connectivity index (χ0) is 22.6. The second kappa shape index (κ2) is 6.34. The number of Topliss-reactive ketones (excluding diaryl/α,β-unsaturated/α-hetero) is 1. The molecule has 31 heavy (non-hydrogen) atoms. The maximum Gasteiger partial charge on any atom is 0.193 e. The molecule has 3 saturated carbocycles. The molecule has 0 unspecified atom stereocenters. The monoisotopic (exact) mass is 434 g/mol. The first-order valence-corrected chi connectivity index (χ1v) is 11.2.